The molecule has 4 N–H and O–H groups in total. The standard InChI is InChI=1S/C13H13F3N4S/c1-21-10-5-3-2-4-9(10)18-11-6-8(13(14,15)16)7-12(19-11)20-17/h2-7H,17H2,1H3,(H2,18,19,20). The summed E-state index contributed by atoms with van der Waals surface area (Å²) in [6, 6.07) is 9.07. The molecule has 1 aromatic carbocycles. The summed E-state index contributed by atoms with van der Waals surface area (Å²) in [5.41, 5.74) is 1.99. The summed E-state index contributed by atoms with van der Waals surface area (Å²) >= 11 is 1.48. The lowest BCUT2D eigenvalue weighted by molar-refractivity contribution is -0.137. The van der Waals surface area contributed by atoms with Crippen molar-refractivity contribution < 1.29 is 13.2 Å². The third-order valence-electron chi connectivity index (χ3n) is 2.67. The van der Waals surface area contributed by atoms with E-state index in [1.54, 1.807) is 12.1 Å². The Labute approximate surface area is 123 Å². The first-order valence-electron chi connectivity index (χ1n) is 5.90. The third kappa shape index (κ3) is 3.79. The number of nitrogens with one attached hydrogen (secondary N) is 2. The highest BCUT2D eigenvalue weighted by Gasteiger charge is 2.31. The number of benzene rings is 1. The molecule has 0 atom stereocenters. The number of nitrogens with zero attached hydrogens (tertiary/aromatic N) is 1. The smallest absolute Gasteiger partial charge is 0.339 e. The monoisotopic (exact) mass is 314 g/mol. The maximum atomic E-state index is 12.8. The molecular formula is C13H13F3N4S. The lowest BCUT2D eigenvalue weighted by Crippen LogP contribution is -2.13. The van der Waals surface area contributed by atoms with Crippen LogP contribution in [0.1, 0.15) is 5.56 Å². The van der Waals surface area contributed by atoms with Gasteiger partial charge >= 0.3 is 6.18 Å². The number of pyridine rings is 1. The van der Waals surface area contributed by atoms with Crippen LogP contribution in [0.4, 0.5) is 30.5 Å². The van der Waals surface area contributed by atoms with E-state index >= 15 is 0 Å². The summed E-state index contributed by atoms with van der Waals surface area (Å²) in [6.45, 7) is 0. The molecule has 0 spiro atoms. The number of halogens is 3. The number of hydrogen-bond donors (Lipinski definition) is 3. The highest BCUT2D eigenvalue weighted by Crippen LogP contribution is 2.33. The molecule has 0 fully saturated rings. The average Bonchev–Trinajstić information content (AvgIpc) is 2.46. The van der Waals surface area contributed by atoms with E-state index < -0.39 is 11.7 Å². The molecule has 0 amide bonds. The Morgan fingerprint density at radius 2 is 1.81 bits per heavy atom. The maximum absolute atomic E-state index is 12.8. The van der Waals surface area contributed by atoms with Gasteiger partial charge in [0.2, 0.25) is 0 Å². The van der Waals surface area contributed by atoms with Gasteiger partial charge in [0.1, 0.15) is 11.6 Å². The molecule has 2 aromatic rings. The second-order valence-electron chi connectivity index (χ2n) is 4.09. The van der Waals surface area contributed by atoms with Gasteiger partial charge in [0, 0.05) is 4.90 Å². The van der Waals surface area contributed by atoms with Crippen LogP contribution in [0.3, 0.4) is 0 Å². The van der Waals surface area contributed by atoms with Gasteiger partial charge in [0.15, 0.2) is 0 Å². The van der Waals surface area contributed by atoms with Crippen molar-refractivity contribution in [2.75, 3.05) is 17.0 Å². The van der Waals surface area contributed by atoms with E-state index in [0.29, 0.717) is 5.69 Å². The van der Waals surface area contributed by atoms with E-state index in [1.165, 1.54) is 11.8 Å². The Balaban J connectivity index is 2.39. The number of aromatic nitrogens is 1. The first-order chi connectivity index (χ1) is 9.94. The molecule has 21 heavy (non-hydrogen) atoms. The Bertz CT molecular complexity index is 631. The minimum Gasteiger partial charge on any atom is -0.339 e. The van der Waals surface area contributed by atoms with Crippen LogP contribution >= 0.6 is 11.8 Å². The lowest BCUT2D eigenvalue weighted by Gasteiger charge is -2.14. The number of anilines is 3. The first-order valence-corrected chi connectivity index (χ1v) is 7.12. The van der Waals surface area contributed by atoms with Gasteiger partial charge in [-0.1, -0.05) is 12.1 Å². The Hall–Kier alpha value is -1.93. The van der Waals surface area contributed by atoms with Crippen LogP contribution in [0, 0.1) is 0 Å². The molecule has 4 nitrogen and oxygen atoms in total. The van der Waals surface area contributed by atoms with Crippen LogP contribution in [0.5, 0.6) is 0 Å². The molecule has 0 radical (unpaired) electrons. The SMILES string of the molecule is CSc1ccccc1Nc1cc(C(F)(F)F)cc(NN)n1. The van der Waals surface area contributed by atoms with Crippen molar-refractivity contribution in [3.8, 4) is 0 Å². The fourth-order valence-electron chi connectivity index (χ4n) is 1.72. The van der Waals surface area contributed by atoms with Crippen molar-refractivity contribution in [3.63, 3.8) is 0 Å². The average molecular weight is 314 g/mol. The molecule has 0 unspecified atom stereocenters. The minimum absolute atomic E-state index is 0.0612. The van der Waals surface area contributed by atoms with Crippen LogP contribution < -0.4 is 16.6 Å². The van der Waals surface area contributed by atoms with Gasteiger partial charge in [-0.15, -0.1) is 11.8 Å². The lowest BCUT2D eigenvalue weighted by atomic mass is 10.2. The summed E-state index contributed by atoms with van der Waals surface area (Å²) in [6.07, 6.45) is -2.59. The Morgan fingerprint density at radius 1 is 1.14 bits per heavy atom. The highest BCUT2D eigenvalue weighted by molar-refractivity contribution is 7.98. The van der Waals surface area contributed by atoms with Gasteiger partial charge in [0.05, 0.1) is 11.3 Å². The largest absolute Gasteiger partial charge is 0.416 e. The van der Waals surface area contributed by atoms with E-state index in [4.69, 9.17) is 5.84 Å². The molecule has 8 heteroatoms. The summed E-state index contributed by atoms with van der Waals surface area (Å²) < 4.78 is 38.5. The van der Waals surface area contributed by atoms with E-state index in [9.17, 15) is 13.2 Å². The number of thioether (sulfide) groups is 1. The van der Waals surface area contributed by atoms with Crippen LogP contribution in [0.25, 0.3) is 0 Å². The molecule has 1 heterocycles. The fourth-order valence-corrected chi connectivity index (χ4v) is 2.27. The molecule has 0 aliphatic heterocycles. The molecule has 0 aliphatic rings. The molecule has 2 rings (SSSR count). The number of alkyl halides is 3. The highest BCUT2D eigenvalue weighted by atomic mass is 32.2. The molecule has 112 valence electrons. The normalized spacial score (nSPS) is 11.3. The van der Waals surface area contributed by atoms with Gasteiger partial charge in [0.25, 0.3) is 0 Å². The second-order valence-corrected chi connectivity index (χ2v) is 4.94. The predicted molar refractivity (Wildman–Crippen MR) is 78.6 cm³/mol. The van der Waals surface area contributed by atoms with Gasteiger partial charge in [-0.2, -0.15) is 13.2 Å². The summed E-state index contributed by atoms with van der Waals surface area (Å²) in [7, 11) is 0. The number of rotatable bonds is 4. The van der Waals surface area contributed by atoms with Crippen molar-refractivity contribution in [1.82, 2.24) is 4.98 Å². The van der Waals surface area contributed by atoms with Crippen molar-refractivity contribution in [3.05, 3.63) is 42.0 Å². The summed E-state index contributed by atoms with van der Waals surface area (Å²) in [4.78, 5) is 4.88. The maximum Gasteiger partial charge on any atom is 0.416 e. The summed E-state index contributed by atoms with van der Waals surface area (Å²) in [5.74, 6) is 5.18. The quantitative estimate of drug-likeness (QED) is 0.454. The van der Waals surface area contributed by atoms with Crippen LogP contribution in [0.15, 0.2) is 41.3 Å². The molecule has 1 aromatic heterocycles. The van der Waals surface area contributed by atoms with Gasteiger partial charge in [-0.3, -0.25) is 0 Å². The van der Waals surface area contributed by atoms with E-state index in [2.05, 4.69) is 15.7 Å². The van der Waals surface area contributed by atoms with Crippen molar-refractivity contribution in [1.29, 1.82) is 0 Å². The first kappa shape index (κ1) is 15.5. The van der Waals surface area contributed by atoms with E-state index in [0.717, 1.165) is 17.0 Å². The number of para-hydroxylation sites is 1. The van der Waals surface area contributed by atoms with Crippen LogP contribution in [0.2, 0.25) is 0 Å². The topological polar surface area (TPSA) is 63.0 Å². The molecule has 0 saturated heterocycles. The second kappa shape index (κ2) is 6.23. The fraction of sp³-hybridized carbons (Fsp3) is 0.154. The Morgan fingerprint density at radius 3 is 2.43 bits per heavy atom. The third-order valence-corrected chi connectivity index (χ3v) is 3.47. The number of hydrogen-bond acceptors (Lipinski definition) is 5. The number of hydrazine groups is 1. The van der Waals surface area contributed by atoms with Gasteiger partial charge in [-0.05, 0) is 30.5 Å². The molecule has 0 aliphatic carbocycles. The zero-order chi connectivity index (χ0) is 15.5. The summed E-state index contributed by atoms with van der Waals surface area (Å²) in [5, 5.41) is 2.88. The van der Waals surface area contributed by atoms with Crippen molar-refractivity contribution >= 4 is 29.1 Å². The number of nitrogen functional groups attached to an aromatic ring is 1. The van der Waals surface area contributed by atoms with Gasteiger partial charge < -0.3 is 10.7 Å². The zero-order valence-corrected chi connectivity index (χ0v) is 11.8. The molecule has 0 saturated carbocycles. The predicted octanol–water partition coefficient (Wildman–Crippen LogP) is 3.85. The molecular weight excluding hydrogens is 301 g/mol. The van der Waals surface area contributed by atoms with Crippen LogP contribution in [-0.2, 0) is 6.18 Å². The van der Waals surface area contributed by atoms with Crippen LogP contribution in [-0.4, -0.2) is 11.2 Å². The number of nitrogens with two attached hydrogens (primary N) is 1. The zero-order valence-electron chi connectivity index (χ0n) is 11.0. The Kier molecular flexibility index (Phi) is 4.59. The van der Waals surface area contributed by atoms with E-state index in [1.807, 2.05) is 18.4 Å². The van der Waals surface area contributed by atoms with Crippen molar-refractivity contribution in [2.45, 2.75) is 11.1 Å². The van der Waals surface area contributed by atoms with Crippen molar-refractivity contribution in [2.24, 2.45) is 5.84 Å². The molecule has 0 bridgehead atoms. The minimum atomic E-state index is -4.47. The van der Waals surface area contributed by atoms with E-state index in [-0.39, 0.29) is 11.6 Å². The van der Waals surface area contributed by atoms with Gasteiger partial charge in [-0.25, -0.2) is 10.8 Å².